The minimum absolute atomic E-state index is 0.0859. The largest absolute Gasteiger partial charge is 0.465 e. The van der Waals surface area contributed by atoms with Gasteiger partial charge in [-0.15, -0.1) is 0 Å². The van der Waals surface area contributed by atoms with Crippen molar-refractivity contribution in [3.05, 3.63) is 20.1 Å². The highest BCUT2D eigenvalue weighted by molar-refractivity contribution is 14.1. The summed E-state index contributed by atoms with van der Waals surface area (Å²) in [5.74, 6) is 0. The van der Waals surface area contributed by atoms with Gasteiger partial charge in [0.1, 0.15) is 24.4 Å². The Morgan fingerprint density at radius 1 is 1.36 bits per heavy atom. The maximum Gasteiger partial charge on any atom is 0.301 e. The lowest BCUT2D eigenvalue weighted by molar-refractivity contribution is -0.252. The molecule has 5 atom stereocenters. The molecular formula is C12H17IN2O7. The normalized spacial score (nSPS) is 32.0. The van der Waals surface area contributed by atoms with E-state index in [0.717, 1.165) is 0 Å². The van der Waals surface area contributed by atoms with Crippen molar-refractivity contribution in [1.29, 1.82) is 0 Å². The lowest BCUT2D eigenvalue weighted by Crippen LogP contribution is -2.56. The third-order valence-corrected chi connectivity index (χ3v) is 4.03. The molecule has 9 nitrogen and oxygen atoms in total. The molecule has 4 N–H and O–H groups in total. The van der Waals surface area contributed by atoms with E-state index in [2.05, 4.69) is 4.98 Å². The lowest BCUT2D eigenvalue weighted by atomic mass is 9.98. The second-order valence-corrected chi connectivity index (χ2v) is 5.90. The van der Waals surface area contributed by atoms with Crippen LogP contribution in [-0.4, -0.2) is 67.6 Å². The number of halogens is 1. The molecule has 124 valence electrons. The molecule has 1 fully saturated rings. The van der Waals surface area contributed by atoms with Crippen molar-refractivity contribution in [2.24, 2.45) is 0 Å². The Bertz CT molecular complexity index is 579. The molecule has 1 unspecified atom stereocenters. The van der Waals surface area contributed by atoms with E-state index in [1.54, 1.807) is 29.5 Å². The number of ether oxygens (including phenoxy) is 2. The Hall–Kier alpha value is -0.790. The van der Waals surface area contributed by atoms with Gasteiger partial charge in [0.2, 0.25) is 0 Å². The standard InChI is InChI=1S/C12H17IN2O7/c1-2-21-12-14-10(20)5(13)3-15(12)11-9(19)8(18)7(17)6(4-16)22-11/h3,6-9,11,16-19H,2,4H2,1H3/t6-,7-,8+,9-,11?/m1/s1. The highest BCUT2D eigenvalue weighted by atomic mass is 127. The minimum Gasteiger partial charge on any atom is -0.465 e. The maximum atomic E-state index is 11.6. The van der Waals surface area contributed by atoms with Gasteiger partial charge >= 0.3 is 6.01 Å². The molecule has 2 heterocycles. The van der Waals surface area contributed by atoms with Gasteiger partial charge < -0.3 is 29.9 Å². The summed E-state index contributed by atoms with van der Waals surface area (Å²) in [5, 5.41) is 39.0. The zero-order chi connectivity index (χ0) is 16.4. The molecule has 2 rings (SSSR count). The summed E-state index contributed by atoms with van der Waals surface area (Å²) in [4.78, 5) is 15.4. The van der Waals surface area contributed by atoms with Crippen LogP contribution in [0.5, 0.6) is 6.01 Å². The first-order valence-electron chi connectivity index (χ1n) is 6.62. The van der Waals surface area contributed by atoms with Crippen LogP contribution in [0, 0.1) is 3.57 Å². The van der Waals surface area contributed by atoms with Crippen LogP contribution in [0.1, 0.15) is 13.2 Å². The first-order valence-corrected chi connectivity index (χ1v) is 7.70. The van der Waals surface area contributed by atoms with E-state index in [-0.39, 0.29) is 16.2 Å². The predicted octanol–water partition coefficient (Wildman–Crippen LogP) is -1.78. The molecule has 22 heavy (non-hydrogen) atoms. The van der Waals surface area contributed by atoms with Crippen LogP contribution in [0.2, 0.25) is 0 Å². The molecule has 0 bridgehead atoms. The van der Waals surface area contributed by atoms with Gasteiger partial charge in [-0.1, -0.05) is 0 Å². The quantitative estimate of drug-likeness (QED) is 0.414. The van der Waals surface area contributed by atoms with Gasteiger partial charge in [0.25, 0.3) is 5.56 Å². The Morgan fingerprint density at radius 2 is 2.05 bits per heavy atom. The fraction of sp³-hybridized carbons (Fsp3) is 0.667. The summed E-state index contributed by atoms with van der Waals surface area (Å²) in [6.07, 6.45) is -5.33. The Labute approximate surface area is 139 Å². The zero-order valence-electron chi connectivity index (χ0n) is 11.7. The van der Waals surface area contributed by atoms with Gasteiger partial charge in [-0.3, -0.25) is 9.36 Å². The van der Waals surface area contributed by atoms with Crippen molar-refractivity contribution >= 4 is 22.6 Å². The van der Waals surface area contributed by atoms with Crippen molar-refractivity contribution in [3.63, 3.8) is 0 Å². The summed E-state index contributed by atoms with van der Waals surface area (Å²) in [6.45, 7) is 1.38. The van der Waals surface area contributed by atoms with Gasteiger partial charge in [-0.25, -0.2) is 0 Å². The number of hydrogen-bond donors (Lipinski definition) is 4. The molecule has 1 aliphatic heterocycles. The van der Waals surface area contributed by atoms with Crippen molar-refractivity contribution in [1.82, 2.24) is 9.55 Å². The van der Waals surface area contributed by atoms with E-state index in [1.807, 2.05) is 0 Å². The van der Waals surface area contributed by atoms with E-state index in [0.29, 0.717) is 0 Å². The third kappa shape index (κ3) is 3.26. The lowest BCUT2D eigenvalue weighted by Gasteiger charge is -2.40. The highest BCUT2D eigenvalue weighted by Crippen LogP contribution is 2.30. The first kappa shape index (κ1) is 17.6. The fourth-order valence-electron chi connectivity index (χ4n) is 2.16. The number of aliphatic hydroxyl groups is 4. The van der Waals surface area contributed by atoms with Crippen molar-refractivity contribution < 1.29 is 29.9 Å². The summed E-state index contributed by atoms with van der Waals surface area (Å²) in [5.41, 5.74) is -0.495. The summed E-state index contributed by atoms with van der Waals surface area (Å²) in [7, 11) is 0. The maximum absolute atomic E-state index is 11.6. The zero-order valence-corrected chi connectivity index (χ0v) is 13.8. The molecule has 0 radical (unpaired) electrons. The van der Waals surface area contributed by atoms with E-state index >= 15 is 0 Å². The molecule has 1 aromatic rings. The van der Waals surface area contributed by atoms with E-state index in [1.165, 1.54) is 10.8 Å². The van der Waals surface area contributed by atoms with Crippen molar-refractivity contribution in [3.8, 4) is 6.01 Å². The van der Waals surface area contributed by atoms with Crippen LogP contribution < -0.4 is 10.3 Å². The smallest absolute Gasteiger partial charge is 0.301 e. The Balaban J connectivity index is 2.45. The average molecular weight is 428 g/mol. The topological polar surface area (TPSA) is 134 Å². The first-order chi connectivity index (χ1) is 10.4. The Kier molecular flexibility index (Phi) is 5.74. The average Bonchev–Trinajstić information content (AvgIpc) is 2.49. The monoisotopic (exact) mass is 428 g/mol. The third-order valence-electron chi connectivity index (χ3n) is 3.29. The minimum atomic E-state index is -1.53. The van der Waals surface area contributed by atoms with Gasteiger partial charge in [-0.05, 0) is 29.5 Å². The predicted molar refractivity (Wildman–Crippen MR) is 81.4 cm³/mol. The SMILES string of the molecule is CCOc1nc(=O)c(I)cn1C1O[C@H](CO)[C@@H](O)[C@H](O)[C@H]1O. The molecule has 0 saturated carbocycles. The summed E-state index contributed by atoms with van der Waals surface area (Å²) < 4.78 is 12.2. The number of nitrogens with zero attached hydrogens (tertiary/aromatic N) is 2. The van der Waals surface area contributed by atoms with Crippen molar-refractivity contribution in [2.75, 3.05) is 13.2 Å². The molecule has 1 aliphatic rings. The van der Waals surface area contributed by atoms with Crippen LogP contribution >= 0.6 is 22.6 Å². The van der Waals surface area contributed by atoms with E-state index in [9.17, 15) is 25.2 Å². The Morgan fingerprint density at radius 3 is 2.64 bits per heavy atom. The number of aromatic nitrogens is 2. The van der Waals surface area contributed by atoms with Crippen molar-refractivity contribution in [2.45, 2.75) is 37.6 Å². The second kappa shape index (κ2) is 7.19. The molecule has 1 saturated heterocycles. The van der Waals surface area contributed by atoms with E-state index in [4.69, 9.17) is 9.47 Å². The molecular weight excluding hydrogens is 411 g/mol. The molecule has 1 aromatic heterocycles. The molecule has 0 aliphatic carbocycles. The summed E-state index contributed by atoms with van der Waals surface area (Å²) >= 11 is 1.77. The van der Waals surface area contributed by atoms with Crippen LogP contribution in [0.3, 0.4) is 0 Å². The molecule has 10 heteroatoms. The van der Waals surface area contributed by atoms with E-state index < -0.39 is 42.8 Å². The number of rotatable bonds is 4. The highest BCUT2D eigenvalue weighted by Gasteiger charge is 2.44. The summed E-state index contributed by atoms with van der Waals surface area (Å²) in [6, 6.07) is -0.0859. The molecule has 0 amide bonds. The van der Waals surface area contributed by atoms with Crippen LogP contribution in [0.15, 0.2) is 11.0 Å². The van der Waals surface area contributed by atoms with Crippen LogP contribution in [-0.2, 0) is 4.74 Å². The van der Waals surface area contributed by atoms with Gasteiger partial charge in [0.15, 0.2) is 6.23 Å². The van der Waals surface area contributed by atoms with Crippen LogP contribution in [0.4, 0.5) is 0 Å². The van der Waals surface area contributed by atoms with Gasteiger partial charge in [0.05, 0.1) is 16.8 Å². The van der Waals surface area contributed by atoms with Gasteiger partial charge in [0, 0.05) is 6.20 Å². The fourth-order valence-corrected chi connectivity index (χ4v) is 2.58. The van der Waals surface area contributed by atoms with Gasteiger partial charge in [-0.2, -0.15) is 4.98 Å². The number of hydrogen-bond acceptors (Lipinski definition) is 8. The number of aliphatic hydroxyl groups excluding tert-OH is 4. The molecule has 0 aromatic carbocycles. The molecule has 0 spiro atoms. The second-order valence-electron chi connectivity index (χ2n) is 4.74. The van der Waals surface area contributed by atoms with Crippen LogP contribution in [0.25, 0.3) is 0 Å².